The summed E-state index contributed by atoms with van der Waals surface area (Å²) in [5, 5.41) is 10.3. The number of nitrogens with two attached hydrogens (primary N) is 1. The summed E-state index contributed by atoms with van der Waals surface area (Å²) in [6.07, 6.45) is -0.998. The summed E-state index contributed by atoms with van der Waals surface area (Å²) < 4.78 is 18.2. The Bertz CT molecular complexity index is 899. The second-order valence-corrected chi connectivity index (χ2v) is 7.59. The molecule has 3 rings (SSSR count). The third-order valence-electron chi connectivity index (χ3n) is 4.81. The quantitative estimate of drug-likeness (QED) is 0.678. The number of nitrogen functional groups attached to an aromatic ring is 1. The largest absolute Gasteiger partial charge is 0.508 e. The monoisotopic (exact) mass is 412 g/mol. The molecule has 0 bridgehead atoms. The summed E-state index contributed by atoms with van der Waals surface area (Å²) in [5.41, 5.74) is 6.05. The van der Waals surface area contributed by atoms with E-state index in [2.05, 4.69) is 9.97 Å². The highest BCUT2D eigenvalue weighted by Gasteiger charge is 2.44. The van der Waals surface area contributed by atoms with Crippen LogP contribution < -0.4 is 10.6 Å². The number of aliphatic hydroxyl groups is 1. The number of carbonyl (C=O) groups excluding carboxylic acids is 1. The highest BCUT2D eigenvalue weighted by atomic mass is 32.1. The molecule has 154 valence electrons. The molecular formula is C17H24N4O6S. The van der Waals surface area contributed by atoms with Crippen molar-refractivity contribution in [1.29, 1.82) is 0 Å². The lowest BCUT2D eigenvalue weighted by atomic mass is 9.95. The number of hydrogen-bond acceptors (Lipinski definition) is 10. The Labute approximate surface area is 165 Å². The summed E-state index contributed by atoms with van der Waals surface area (Å²) >= 11 is 0.977. The number of nitrogens with zero attached hydrogens (tertiary/aromatic N) is 3. The second-order valence-electron chi connectivity index (χ2n) is 6.60. The molecule has 2 aromatic rings. The molecular weight excluding hydrogens is 388 g/mol. The molecule has 1 aliphatic heterocycles. The SMILES string of the molecule is CCOC(=O)OC(C)[C@@H]1C[C@@H](C(O)CC)O[C@H]1n1c(=O)sc2cnc(N)nc21. The first-order chi connectivity index (χ1) is 13.3. The van der Waals surface area contributed by atoms with E-state index in [1.807, 2.05) is 6.92 Å². The molecule has 1 saturated heterocycles. The van der Waals surface area contributed by atoms with Gasteiger partial charge in [0.05, 0.1) is 29.7 Å². The van der Waals surface area contributed by atoms with Gasteiger partial charge in [-0.3, -0.25) is 9.36 Å². The summed E-state index contributed by atoms with van der Waals surface area (Å²) in [6, 6.07) is 0. The number of rotatable bonds is 6. The lowest BCUT2D eigenvalue weighted by Gasteiger charge is -2.24. The van der Waals surface area contributed by atoms with E-state index in [-0.39, 0.29) is 23.3 Å². The molecule has 10 nitrogen and oxygen atoms in total. The Hall–Kier alpha value is -2.24. The fraction of sp³-hybridized carbons (Fsp3) is 0.647. The summed E-state index contributed by atoms with van der Waals surface area (Å²) in [5.74, 6) is -0.350. The van der Waals surface area contributed by atoms with Gasteiger partial charge in [0.2, 0.25) is 5.95 Å². The number of ether oxygens (including phenoxy) is 3. The molecule has 0 aromatic carbocycles. The molecule has 0 radical (unpaired) electrons. The van der Waals surface area contributed by atoms with Gasteiger partial charge in [0.1, 0.15) is 12.3 Å². The Morgan fingerprint density at radius 1 is 1.54 bits per heavy atom. The van der Waals surface area contributed by atoms with E-state index >= 15 is 0 Å². The molecule has 0 amide bonds. The van der Waals surface area contributed by atoms with E-state index in [1.165, 1.54) is 10.8 Å². The highest BCUT2D eigenvalue weighted by molar-refractivity contribution is 7.16. The normalized spacial score (nSPS) is 24.2. The summed E-state index contributed by atoms with van der Waals surface area (Å²) in [4.78, 5) is 32.2. The topological polar surface area (TPSA) is 139 Å². The molecule has 2 unspecified atom stereocenters. The van der Waals surface area contributed by atoms with Crippen LogP contribution in [0.3, 0.4) is 0 Å². The molecule has 1 aliphatic rings. The van der Waals surface area contributed by atoms with Crippen LogP contribution in [-0.2, 0) is 14.2 Å². The number of thiazole rings is 1. The van der Waals surface area contributed by atoms with Crippen molar-refractivity contribution in [3.63, 3.8) is 0 Å². The summed E-state index contributed by atoms with van der Waals surface area (Å²) in [7, 11) is 0. The molecule has 3 N–H and O–H groups in total. The number of aliphatic hydroxyl groups excluding tert-OH is 1. The van der Waals surface area contributed by atoms with Gasteiger partial charge in [-0.2, -0.15) is 4.98 Å². The van der Waals surface area contributed by atoms with Crippen LogP contribution in [0.4, 0.5) is 10.7 Å². The molecule has 3 heterocycles. The Kier molecular flexibility index (Phi) is 6.16. The van der Waals surface area contributed by atoms with E-state index in [0.717, 1.165) is 11.3 Å². The maximum atomic E-state index is 12.7. The number of anilines is 1. The van der Waals surface area contributed by atoms with Gasteiger partial charge >= 0.3 is 11.0 Å². The lowest BCUT2D eigenvalue weighted by Crippen LogP contribution is -2.32. The van der Waals surface area contributed by atoms with E-state index in [0.29, 0.717) is 23.2 Å². The minimum atomic E-state index is -0.790. The van der Waals surface area contributed by atoms with Crippen LogP contribution in [0.1, 0.15) is 39.8 Å². The van der Waals surface area contributed by atoms with Gasteiger partial charge in [-0.15, -0.1) is 0 Å². The fourth-order valence-electron chi connectivity index (χ4n) is 3.37. The van der Waals surface area contributed by atoms with Crippen LogP contribution in [0.25, 0.3) is 10.3 Å². The van der Waals surface area contributed by atoms with Crippen molar-refractivity contribution in [3.05, 3.63) is 15.9 Å². The average Bonchev–Trinajstić information content (AvgIpc) is 3.21. The molecule has 5 atom stereocenters. The maximum absolute atomic E-state index is 12.7. The smallest absolute Gasteiger partial charge is 0.435 e. The van der Waals surface area contributed by atoms with E-state index in [1.54, 1.807) is 13.8 Å². The van der Waals surface area contributed by atoms with Crippen molar-refractivity contribution in [2.75, 3.05) is 12.3 Å². The molecule has 11 heteroatoms. The minimum absolute atomic E-state index is 0.0366. The predicted octanol–water partition coefficient (Wildman–Crippen LogP) is 1.67. The van der Waals surface area contributed by atoms with Crippen LogP contribution in [0.15, 0.2) is 11.0 Å². The van der Waals surface area contributed by atoms with Crippen molar-refractivity contribution < 1.29 is 24.1 Å². The predicted molar refractivity (Wildman–Crippen MR) is 102 cm³/mol. The minimum Gasteiger partial charge on any atom is -0.435 e. The van der Waals surface area contributed by atoms with Crippen molar-refractivity contribution in [1.82, 2.24) is 14.5 Å². The molecule has 1 fully saturated rings. The second kappa shape index (κ2) is 8.41. The standard InChI is InChI=1S/C17H24N4O6S/c1-4-10(22)11-6-9(8(3)26-17(24)25-5-2)14(27-11)21-13-12(28-16(21)23)7-19-15(18)20-13/h7-11,14,22H,4-6H2,1-3H3,(H2,18,19,20)/t8?,9-,10?,11-,14+/m0/s1. The van der Waals surface area contributed by atoms with Gasteiger partial charge in [-0.05, 0) is 26.7 Å². The maximum Gasteiger partial charge on any atom is 0.508 e. The third kappa shape index (κ3) is 3.96. The summed E-state index contributed by atoms with van der Waals surface area (Å²) in [6.45, 7) is 5.43. The Balaban J connectivity index is 1.98. The molecule has 0 spiro atoms. The van der Waals surface area contributed by atoms with Crippen LogP contribution in [0.5, 0.6) is 0 Å². The van der Waals surface area contributed by atoms with Gasteiger partial charge in [0, 0.05) is 5.92 Å². The third-order valence-corrected chi connectivity index (χ3v) is 5.69. The zero-order valence-electron chi connectivity index (χ0n) is 15.9. The van der Waals surface area contributed by atoms with Crippen molar-refractivity contribution in [3.8, 4) is 0 Å². The van der Waals surface area contributed by atoms with Crippen molar-refractivity contribution in [2.24, 2.45) is 5.92 Å². The number of hydrogen-bond donors (Lipinski definition) is 2. The van der Waals surface area contributed by atoms with Gasteiger partial charge in [-0.1, -0.05) is 18.3 Å². The van der Waals surface area contributed by atoms with E-state index in [9.17, 15) is 14.7 Å². The number of carbonyl (C=O) groups is 1. The van der Waals surface area contributed by atoms with Gasteiger partial charge < -0.3 is 25.1 Å². The molecule has 2 aromatic heterocycles. The van der Waals surface area contributed by atoms with E-state index in [4.69, 9.17) is 19.9 Å². The van der Waals surface area contributed by atoms with Crippen LogP contribution in [0, 0.1) is 5.92 Å². The van der Waals surface area contributed by atoms with Crippen molar-refractivity contribution >= 4 is 33.8 Å². The van der Waals surface area contributed by atoms with E-state index < -0.39 is 30.7 Å². The van der Waals surface area contributed by atoms with Crippen molar-refractivity contribution in [2.45, 2.75) is 58.2 Å². The lowest BCUT2D eigenvalue weighted by molar-refractivity contribution is -0.0771. The molecule has 28 heavy (non-hydrogen) atoms. The Morgan fingerprint density at radius 3 is 2.96 bits per heavy atom. The zero-order chi connectivity index (χ0) is 20.4. The first-order valence-corrected chi connectivity index (χ1v) is 9.97. The zero-order valence-corrected chi connectivity index (χ0v) is 16.7. The van der Waals surface area contributed by atoms with Crippen LogP contribution >= 0.6 is 11.3 Å². The number of fused-ring (bicyclic) bond motifs is 1. The first-order valence-electron chi connectivity index (χ1n) is 9.16. The highest BCUT2D eigenvalue weighted by Crippen LogP contribution is 2.40. The van der Waals surface area contributed by atoms with Gasteiger partial charge in [0.15, 0.2) is 5.65 Å². The molecule has 0 aliphatic carbocycles. The Morgan fingerprint density at radius 2 is 2.29 bits per heavy atom. The van der Waals surface area contributed by atoms with Crippen LogP contribution in [-0.4, -0.2) is 50.7 Å². The average molecular weight is 412 g/mol. The number of aromatic nitrogens is 3. The van der Waals surface area contributed by atoms with Crippen LogP contribution in [0.2, 0.25) is 0 Å². The van der Waals surface area contributed by atoms with Gasteiger partial charge in [-0.25, -0.2) is 9.78 Å². The molecule has 0 saturated carbocycles. The first kappa shape index (κ1) is 20.5. The fourth-order valence-corrected chi connectivity index (χ4v) is 4.19. The van der Waals surface area contributed by atoms with Gasteiger partial charge in [0.25, 0.3) is 0 Å².